The highest BCUT2D eigenvalue weighted by atomic mass is 32.1. The first-order valence-electron chi connectivity index (χ1n) is 28.6. The van der Waals surface area contributed by atoms with Crippen LogP contribution in [0.15, 0.2) is 24.3 Å². The quantitative estimate of drug-likeness (QED) is 0.0193. The maximum absolute atomic E-state index is 7.04. The highest BCUT2D eigenvalue weighted by Crippen LogP contribution is 2.58. The molecule has 12 nitrogen and oxygen atoms in total. The molecule has 20 heteroatoms. The first-order valence-corrected chi connectivity index (χ1v) is 32.0. The van der Waals surface area contributed by atoms with Crippen molar-refractivity contribution in [2.45, 2.75) is 180 Å². The Bertz CT molecular complexity index is 2450. The van der Waals surface area contributed by atoms with E-state index in [1.165, 1.54) is 0 Å². The van der Waals surface area contributed by atoms with Crippen LogP contribution in [0.5, 0.6) is 46.0 Å². The van der Waals surface area contributed by atoms with Crippen molar-refractivity contribution in [2.75, 3.05) is 27.2 Å². The van der Waals surface area contributed by atoms with Crippen LogP contribution >= 0.6 is 99.4 Å². The van der Waals surface area contributed by atoms with Gasteiger partial charge in [-0.05, 0) is 49.9 Å². The van der Waals surface area contributed by atoms with Crippen LogP contribution in [0.25, 0.3) is 0 Å². The van der Waals surface area contributed by atoms with Gasteiger partial charge in [-0.15, -0.1) is 50.5 Å². The lowest BCUT2D eigenvalue weighted by Gasteiger charge is -2.38. The fraction of sp³-hybridized carbons (Fsp3) is 0.533. The molecule has 0 atom stereocenters. The van der Waals surface area contributed by atoms with Gasteiger partial charge in [0.1, 0.15) is 63.3 Å². The Kier molecular flexibility index (Phi) is 21.8. The summed E-state index contributed by atoms with van der Waals surface area (Å²) in [4.78, 5) is 0. The van der Waals surface area contributed by atoms with E-state index in [1.807, 2.05) is 0 Å². The summed E-state index contributed by atoms with van der Waals surface area (Å²) in [5.74, 6) is 4.57. The maximum atomic E-state index is 7.04. The van der Waals surface area contributed by atoms with Gasteiger partial charge in [0.05, 0.1) is 22.3 Å². The number of thiol groups is 4. The van der Waals surface area contributed by atoms with Gasteiger partial charge >= 0.3 is 0 Å². The maximum Gasteiger partial charge on any atom is 0.230 e. The molecule has 0 spiro atoms. The van der Waals surface area contributed by atoms with Gasteiger partial charge in [0.25, 0.3) is 0 Å². The highest BCUT2D eigenvalue weighted by molar-refractivity contribution is 8.11. The smallest absolute Gasteiger partial charge is 0.230 e. The van der Waals surface area contributed by atoms with Crippen LogP contribution in [0.1, 0.15) is 221 Å². The molecule has 9 rings (SSSR count). The van der Waals surface area contributed by atoms with Crippen molar-refractivity contribution < 1.29 is 37.9 Å². The number of benzene rings is 4. The Morgan fingerprint density at radius 3 is 0.662 bits per heavy atom. The minimum absolute atomic E-state index is 0.112. The fourth-order valence-electron chi connectivity index (χ4n) is 12.6. The van der Waals surface area contributed by atoms with Crippen molar-refractivity contribution in [3.05, 3.63) is 91.0 Å². The van der Waals surface area contributed by atoms with Crippen molar-refractivity contribution in [3.63, 3.8) is 0 Å². The lowest BCUT2D eigenvalue weighted by molar-refractivity contribution is 0.0942. The number of thiocarbonyl (C=S) groups is 4. The van der Waals surface area contributed by atoms with Crippen LogP contribution < -0.4 is 59.2 Å². The molecule has 4 aliphatic heterocycles. The molecule has 0 unspecified atom stereocenters. The Morgan fingerprint density at radius 2 is 0.512 bits per heavy atom. The van der Waals surface area contributed by atoms with Gasteiger partial charge in [0.15, 0.2) is 0 Å². The standard InChI is InChI=1S/C60H76N4O8S8/c1-5-9-13-17-33-37-21-39-34(18-14-10-6-2)41-23-43-36(20-16-12-8-4)44-24-42-35(19-15-11-7-3)40-22-38(33)50-46(26-62-58(75)76)52(40)68-31-70-54(42)48(28-64-60(79)80)56(44)72-32-71-55(43)47(27-63-59(77)78)53(41)69-30-67-51(39)45(25-61-57(73)74)49(37)65-29-66-50/h21-24,33-36H,5-20,25-32H2,1-4H3,(H2,61,73,74)(H2,62,75,76)(H2,63,77,78)(H2,64,79,80). The Balaban J connectivity index is 1.52. The fourth-order valence-corrected chi connectivity index (χ4v) is 13.2. The highest BCUT2D eigenvalue weighted by Gasteiger charge is 2.42. The molecule has 1 aliphatic carbocycles. The van der Waals surface area contributed by atoms with Gasteiger partial charge in [-0.25, -0.2) is 0 Å². The van der Waals surface area contributed by atoms with Crippen LogP contribution in [-0.2, 0) is 26.2 Å². The average Bonchev–Trinajstić information content (AvgIpc) is 3.61. The lowest BCUT2D eigenvalue weighted by Crippen LogP contribution is -2.28. The van der Waals surface area contributed by atoms with E-state index in [1.54, 1.807) is 0 Å². The Labute approximate surface area is 516 Å². The van der Waals surface area contributed by atoms with Gasteiger partial charge in [0, 0.05) is 94.4 Å². The zero-order valence-electron chi connectivity index (χ0n) is 46.3. The number of unbranched alkanes of at least 4 members (excludes halogenated alkanes) is 8. The number of rotatable bonds is 24. The van der Waals surface area contributed by atoms with E-state index in [-0.39, 0.29) is 77.0 Å². The zero-order chi connectivity index (χ0) is 56.5. The first kappa shape index (κ1) is 60.8. The van der Waals surface area contributed by atoms with Crippen LogP contribution in [-0.4, -0.2) is 44.5 Å². The SMILES string of the molecule is CCCCCC1c2cc3c4c(CNC(=S)S)c2OCOc2c1cc1c(c2CNC(=S)S)OCOc2c(cc5c(c2CNC(=S)S)OCOc2c(cc(c(c2CNC(=S)S)OCO4)C3CCCCC)C5CCCCC)C1CCCCC. The van der Waals surface area contributed by atoms with E-state index < -0.39 is 0 Å². The van der Waals surface area contributed by atoms with Crippen LogP contribution in [0.2, 0.25) is 0 Å². The van der Waals surface area contributed by atoms with Crippen molar-refractivity contribution >= 4 is 117 Å². The van der Waals surface area contributed by atoms with E-state index in [4.69, 9.17) is 86.8 Å². The van der Waals surface area contributed by atoms with Gasteiger partial charge in [-0.2, -0.15) is 0 Å². The van der Waals surface area contributed by atoms with E-state index in [0.29, 0.717) is 63.3 Å². The van der Waals surface area contributed by atoms with Gasteiger partial charge in [-0.3, -0.25) is 0 Å². The van der Waals surface area contributed by atoms with Gasteiger partial charge in [-0.1, -0.05) is 154 Å². The molecule has 0 radical (unpaired) electrons. The minimum Gasteiger partial charge on any atom is -0.457 e. The van der Waals surface area contributed by atoms with Crippen molar-refractivity contribution in [3.8, 4) is 46.0 Å². The van der Waals surface area contributed by atoms with Crippen LogP contribution in [0.3, 0.4) is 0 Å². The second kappa shape index (κ2) is 28.7. The molecule has 0 saturated heterocycles. The largest absolute Gasteiger partial charge is 0.457 e. The molecule has 4 aromatic rings. The molecular formula is C60H76N4O8S8. The molecule has 80 heavy (non-hydrogen) atoms. The molecule has 0 fully saturated rings. The molecule has 432 valence electrons. The van der Waals surface area contributed by atoms with Crippen molar-refractivity contribution in [1.82, 2.24) is 21.3 Å². The molecule has 4 N–H and O–H groups in total. The number of hydrogen-bond donors (Lipinski definition) is 8. The summed E-state index contributed by atoms with van der Waals surface area (Å²) in [6.45, 7) is 9.66. The van der Waals surface area contributed by atoms with Crippen LogP contribution in [0, 0.1) is 0 Å². The van der Waals surface area contributed by atoms with Gasteiger partial charge < -0.3 is 59.2 Å². The Morgan fingerprint density at radius 1 is 0.338 bits per heavy atom. The summed E-state index contributed by atoms with van der Waals surface area (Å²) in [6.07, 6.45) is 15.2. The summed E-state index contributed by atoms with van der Waals surface area (Å²) < 4.78 is 57.7. The zero-order valence-corrected chi connectivity index (χ0v) is 53.1. The minimum atomic E-state index is -0.229. The predicted molar refractivity (Wildman–Crippen MR) is 348 cm³/mol. The number of nitrogens with one attached hydrogen (secondary N) is 4. The van der Waals surface area contributed by atoms with Crippen LogP contribution in [0.4, 0.5) is 0 Å². The first-order chi connectivity index (χ1) is 38.9. The predicted octanol–water partition coefficient (Wildman–Crippen LogP) is 15.0. The molecule has 0 saturated carbocycles. The summed E-state index contributed by atoms with van der Waals surface area (Å²) in [5, 5.41) is 13.6. The summed E-state index contributed by atoms with van der Waals surface area (Å²) in [6, 6.07) is 9.56. The number of ether oxygens (including phenoxy) is 8. The van der Waals surface area contributed by atoms with Crippen molar-refractivity contribution in [2.24, 2.45) is 0 Å². The molecule has 4 heterocycles. The summed E-state index contributed by atoms with van der Waals surface area (Å²) in [7, 11) is 0. The normalized spacial score (nSPS) is 17.8. The third-order valence-electron chi connectivity index (χ3n) is 16.2. The van der Waals surface area contributed by atoms with E-state index in [0.717, 1.165) is 169 Å². The van der Waals surface area contributed by atoms with E-state index in [9.17, 15) is 0 Å². The summed E-state index contributed by atoms with van der Waals surface area (Å²) >= 11 is 41.0. The third kappa shape index (κ3) is 13.4. The van der Waals surface area contributed by atoms with Gasteiger partial charge in [0.2, 0.25) is 27.2 Å². The summed E-state index contributed by atoms with van der Waals surface area (Å²) in [5.41, 5.74) is 11.6. The Hall–Kier alpha value is -3.76. The van der Waals surface area contributed by atoms with Crippen molar-refractivity contribution in [1.29, 1.82) is 0 Å². The molecule has 0 aromatic heterocycles. The second-order valence-electron chi connectivity index (χ2n) is 21.2. The average molecular weight is 1240 g/mol. The molecule has 5 aliphatic rings. The lowest BCUT2D eigenvalue weighted by atomic mass is 9.74. The monoisotopic (exact) mass is 1240 g/mol. The van der Waals surface area contributed by atoms with E-state index >= 15 is 0 Å². The molecule has 8 bridgehead atoms. The topological polar surface area (TPSA) is 122 Å². The molecule has 4 aromatic carbocycles. The third-order valence-corrected chi connectivity index (χ3v) is 17.4. The number of hydrogen-bond acceptors (Lipinski definition) is 12. The second-order valence-corrected chi connectivity index (χ2v) is 25.9. The van der Waals surface area contributed by atoms with E-state index in [2.05, 4.69) is 124 Å². The molecule has 0 amide bonds. The molecular weight excluding hydrogens is 1160 g/mol.